The maximum absolute atomic E-state index is 13.2. The van der Waals surface area contributed by atoms with Crippen molar-refractivity contribution in [1.29, 1.82) is 0 Å². The summed E-state index contributed by atoms with van der Waals surface area (Å²) in [4.78, 5) is 20.1. The quantitative estimate of drug-likeness (QED) is 0.0596. The van der Waals surface area contributed by atoms with Crippen LogP contribution in [-0.2, 0) is 20.2 Å². The summed E-state index contributed by atoms with van der Waals surface area (Å²) in [5.74, 6) is -0.186. The molecule has 0 saturated heterocycles. The van der Waals surface area contributed by atoms with Gasteiger partial charge in [-0.3, -0.25) is 20.2 Å². The SMILES string of the molecule is O=[N+]([O-])c1ccc(S(=O)(=O)Oc2ccc3ccccc3c2/C=N/N=C/c2c(OS(=O)(=O)c3ccc([N+](=O)[O-])cc3)ccc3ccccc23)cc1. The molecule has 0 aliphatic carbocycles. The van der Waals surface area contributed by atoms with Gasteiger partial charge in [-0.1, -0.05) is 60.7 Å². The van der Waals surface area contributed by atoms with Gasteiger partial charge in [-0.2, -0.15) is 27.0 Å². The highest BCUT2D eigenvalue weighted by atomic mass is 32.2. The maximum Gasteiger partial charge on any atom is 0.339 e. The molecule has 16 heteroatoms. The Morgan fingerprint density at radius 2 is 0.860 bits per heavy atom. The van der Waals surface area contributed by atoms with Crippen LogP contribution in [-0.4, -0.2) is 39.1 Å². The van der Waals surface area contributed by atoms with Gasteiger partial charge in [0.1, 0.15) is 9.79 Å². The molecular formula is C34H22N4O10S2. The lowest BCUT2D eigenvalue weighted by Crippen LogP contribution is -2.11. The number of nitro benzene ring substituents is 2. The van der Waals surface area contributed by atoms with Crippen LogP contribution >= 0.6 is 0 Å². The molecule has 0 saturated carbocycles. The summed E-state index contributed by atoms with van der Waals surface area (Å²) in [5, 5.41) is 32.9. The Balaban J connectivity index is 1.35. The summed E-state index contributed by atoms with van der Waals surface area (Å²) >= 11 is 0. The van der Waals surface area contributed by atoms with Crippen LogP contribution in [0.3, 0.4) is 0 Å². The molecule has 6 aromatic rings. The minimum absolute atomic E-state index is 0.0932. The Morgan fingerprint density at radius 3 is 1.22 bits per heavy atom. The summed E-state index contributed by atoms with van der Waals surface area (Å²) in [6.07, 6.45) is 2.55. The predicted molar refractivity (Wildman–Crippen MR) is 185 cm³/mol. The molecule has 0 aliphatic rings. The van der Waals surface area contributed by atoms with Crippen LogP contribution in [0.2, 0.25) is 0 Å². The van der Waals surface area contributed by atoms with Crippen molar-refractivity contribution >= 4 is 65.6 Å². The topological polar surface area (TPSA) is 198 Å². The number of rotatable bonds is 11. The number of hydrogen-bond donors (Lipinski definition) is 0. The Hall–Kier alpha value is -6.52. The predicted octanol–water partition coefficient (Wildman–Crippen LogP) is 6.80. The molecule has 0 unspecified atom stereocenters. The third kappa shape index (κ3) is 7.01. The molecule has 6 aromatic carbocycles. The molecule has 0 atom stereocenters. The van der Waals surface area contributed by atoms with Crippen LogP contribution in [0.5, 0.6) is 11.5 Å². The monoisotopic (exact) mass is 710 g/mol. The van der Waals surface area contributed by atoms with Crippen LogP contribution in [0.4, 0.5) is 11.4 Å². The van der Waals surface area contributed by atoms with E-state index in [1.165, 1.54) is 24.6 Å². The van der Waals surface area contributed by atoms with E-state index in [0.29, 0.717) is 10.8 Å². The van der Waals surface area contributed by atoms with E-state index in [1.807, 2.05) is 0 Å². The van der Waals surface area contributed by atoms with Crippen LogP contribution < -0.4 is 8.37 Å². The van der Waals surface area contributed by atoms with E-state index in [1.54, 1.807) is 60.7 Å². The molecule has 0 amide bonds. The summed E-state index contributed by atoms with van der Waals surface area (Å²) in [7, 11) is -8.85. The zero-order valence-electron chi connectivity index (χ0n) is 25.4. The second-order valence-corrected chi connectivity index (χ2v) is 13.6. The molecule has 14 nitrogen and oxygen atoms in total. The number of nitrogens with zero attached hydrogens (tertiary/aromatic N) is 4. The van der Waals surface area contributed by atoms with Crippen molar-refractivity contribution in [3.05, 3.63) is 153 Å². The van der Waals surface area contributed by atoms with Crippen LogP contribution in [0.15, 0.2) is 141 Å². The van der Waals surface area contributed by atoms with Gasteiger partial charge in [-0.15, -0.1) is 0 Å². The average molecular weight is 711 g/mol. The highest BCUT2D eigenvalue weighted by molar-refractivity contribution is 7.87. The van der Waals surface area contributed by atoms with E-state index in [9.17, 15) is 37.1 Å². The second-order valence-electron chi connectivity index (χ2n) is 10.5. The lowest BCUT2D eigenvalue weighted by Gasteiger charge is -2.12. The van der Waals surface area contributed by atoms with Gasteiger partial charge >= 0.3 is 20.2 Å². The van der Waals surface area contributed by atoms with Crippen molar-refractivity contribution in [1.82, 2.24) is 0 Å². The maximum atomic E-state index is 13.2. The number of nitro groups is 2. The van der Waals surface area contributed by atoms with Gasteiger partial charge in [-0.05, 0) is 57.9 Å². The molecule has 0 N–H and O–H groups in total. The van der Waals surface area contributed by atoms with E-state index in [-0.39, 0.29) is 43.8 Å². The third-order valence-corrected chi connectivity index (χ3v) is 9.87. The molecule has 0 bridgehead atoms. The average Bonchev–Trinajstić information content (AvgIpc) is 3.11. The zero-order valence-corrected chi connectivity index (χ0v) is 27.0. The van der Waals surface area contributed by atoms with E-state index < -0.39 is 30.1 Å². The van der Waals surface area contributed by atoms with E-state index in [4.69, 9.17) is 8.37 Å². The first-order chi connectivity index (χ1) is 23.9. The first-order valence-corrected chi connectivity index (χ1v) is 17.2. The Bertz CT molecular complexity index is 2390. The lowest BCUT2D eigenvalue weighted by atomic mass is 10.0. The van der Waals surface area contributed by atoms with Crippen molar-refractivity contribution in [2.24, 2.45) is 10.2 Å². The Labute approximate surface area is 284 Å². The van der Waals surface area contributed by atoms with Gasteiger partial charge in [-0.25, -0.2) is 0 Å². The van der Waals surface area contributed by atoms with E-state index in [0.717, 1.165) is 59.3 Å². The van der Waals surface area contributed by atoms with Gasteiger partial charge in [0.05, 0.1) is 22.3 Å². The van der Waals surface area contributed by atoms with Gasteiger partial charge in [0.25, 0.3) is 11.4 Å². The van der Waals surface area contributed by atoms with Crippen molar-refractivity contribution < 1.29 is 35.0 Å². The fraction of sp³-hybridized carbons (Fsp3) is 0. The molecule has 0 heterocycles. The minimum atomic E-state index is -4.43. The van der Waals surface area contributed by atoms with Gasteiger partial charge < -0.3 is 8.37 Å². The summed E-state index contributed by atoms with van der Waals surface area (Å²) in [6, 6.07) is 28.8. The van der Waals surface area contributed by atoms with Gasteiger partial charge in [0, 0.05) is 35.4 Å². The Kier molecular flexibility index (Phi) is 9.04. The summed E-state index contributed by atoms with van der Waals surface area (Å²) in [6.45, 7) is 0. The number of benzene rings is 6. The smallest absolute Gasteiger partial charge is 0.339 e. The van der Waals surface area contributed by atoms with E-state index >= 15 is 0 Å². The Morgan fingerprint density at radius 1 is 0.500 bits per heavy atom. The molecule has 0 spiro atoms. The molecule has 6 rings (SSSR count). The largest absolute Gasteiger partial charge is 0.378 e. The molecular weight excluding hydrogens is 689 g/mol. The first-order valence-electron chi connectivity index (χ1n) is 14.4. The normalized spacial score (nSPS) is 12.1. The van der Waals surface area contributed by atoms with E-state index in [2.05, 4.69) is 10.2 Å². The minimum Gasteiger partial charge on any atom is -0.378 e. The van der Waals surface area contributed by atoms with Crippen molar-refractivity contribution in [2.45, 2.75) is 9.79 Å². The van der Waals surface area contributed by atoms with Crippen molar-refractivity contribution in [3.63, 3.8) is 0 Å². The number of non-ortho nitro benzene ring substituents is 2. The fourth-order valence-electron chi connectivity index (χ4n) is 4.95. The van der Waals surface area contributed by atoms with Crippen LogP contribution in [0.25, 0.3) is 21.5 Å². The van der Waals surface area contributed by atoms with Gasteiger partial charge in [0.15, 0.2) is 11.5 Å². The number of hydrogen-bond acceptors (Lipinski definition) is 12. The molecule has 0 fully saturated rings. The molecule has 0 aromatic heterocycles. The second kappa shape index (κ2) is 13.5. The van der Waals surface area contributed by atoms with Crippen LogP contribution in [0, 0.1) is 20.2 Å². The highest BCUT2D eigenvalue weighted by Gasteiger charge is 2.22. The fourth-order valence-corrected chi connectivity index (χ4v) is 6.84. The molecule has 0 aliphatic heterocycles. The molecule has 250 valence electrons. The summed E-state index contributed by atoms with van der Waals surface area (Å²) < 4.78 is 63.6. The van der Waals surface area contributed by atoms with Crippen LogP contribution in [0.1, 0.15) is 11.1 Å². The first kappa shape index (κ1) is 33.4. The highest BCUT2D eigenvalue weighted by Crippen LogP contribution is 2.31. The summed E-state index contributed by atoms with van der Waals surface area (Å²) in [5.41, 5.74) is -0.0742. The molecule has 0 radical (unpaired) electrons. The number of fused-ring (bicyclic) bond motifs is 2. The third-order valence-electron chi connectivity index (χ3n) is 7.37. The van der Waals surface area contributed by atoms with Crippen molar-refractivity contribution in [3.8, 4) is 11.5 Å². The molecule has 50 heavy (non-hydrogen) atoms. The van der Waals surface area contributed by atoms with Crippen molar-refractivity contribution in [2.75, 3.05) is 0 Å². The lowest BCUT2D eigenvalue weighted by molar-refractivity contribution is -0.385. The zero-order chi connectivity index (χ0) is 35.5. The standard InChI is InChI=1S/C34H22N4O10S2/c39-37(40)25-11-15-27(16-12-25)49(43,44)47-33-19-9-23-5-1-3-7-29(23)31(33)21-35-36-22-32-30-8-4-2-6-24(30)10-20-34(32)48-50(45,46)28-17-13-26(14-18-28)38(41)42/h1-22H/b35-21+,36-22+. The van der Waals surface area contributed by atoms with Gasteiger partial charge in [0.2, 0.25) is 0 Å².